The smallest absolute Gasteiger partial charge is 0.221 e. The Hall–Kier alpha value is -0.500. The number of hydrogen-bond donors (Lipinski definition) is 4. The minimum Gasteiger partial charge on any atom is -0.391 e. The first-order valence-corrected chi connectivity index (χ1v) is 4.61. The molecule has 6 heteroatoms. The largest absolute Gasteiger partial charge is 0.391 e. The van der Waals surface area contributed by atoms with E-state index in [0.29, 0.717) is 0 Å². The Morgan fingerprint density at radius 3 is 2.67 bits per heavy atom. The molecule has 1 rings (SSSR count). The summed E-state index contributed by atoms with van der Waals surface area (Å²) in [6.07, 6.45) is -2.68. The highest BCUT2D eigenvalue weighted by molar-refractivity contribution is 4.93. The van der Waals surface area contributed by atoms with Gasteiger partial charge in [0.2, 0.25) is 5.79 Å². The normalized spacial score (nSPS) is 41.5. The van der Waals surface area contributed by atoms with E-state index in [9.17, 15) is 15.3 Å². The molecule has 0 aromatic carbocycles. The van der Waals surface area contributed by atoms with Crippen molar-refractivity contribution in [3.8, 4) is 0 Å². The molecule has 0 unspecified atom stereocenters. The van der Waals surface area contributed by atoms with Gasteiger partial charge in [-0.2, -0.15) is 0 Å². The molecule has 1 aliphatic heterocycles. The topological polar surface area (TPSA) is 99.4 Å². The summed E-state index contributed by atoms with van der Waals surface area (Å²) in [4.78, 5) is 0. The Morgan fingerprint density at radius 2 is 2.13 bits per heavy atom. The van der Waals surface area contributed by atoms with Crippen molar-refractivity contribution in [3.63, 3.8) is 0 Å². The lowest BCUT2D eigenvalue weighted by molar-refractivity contribution is -0.345. The molecule has 1 fully saturated rings. The molecular formula is C9H16O6. The zero-order valence-corrected chi connectivity index (χ0v) is 8.24. The van der Waals surface area contributed by atoms with Crippen molar-refractivity contribution >= 4 is 0 Å². The van der Waals surface area contributed by atoms with Gasteiger partial charge in [0.1, 0.15) is 24.9 Å². The van der Waals surface area contributed by atoms with Crippen molar-refractivity contribution in [3.05, 3.63) is 12.7 Å². The van der Waals surface area contributed by atoms with E-state index in [1.807, 2.05) is 0 Å². The van der Waals surface area contributed by atoms with Gasteiger partial charge in [-0.15, -0.1) is 6.58 Å². The highest BCUT2D eigenvalue weighted by Gasteiger charge is 2.50. The first-order valence-electron chi connectivity index (χ1n) is 4.61. The van der Waals surface area contributed by atoms with Crippen molar-refractivity contribution in [2.45, 2.75) is 24.1 Å². The van der Waals surface area contributed by atoms with Gasteiger partial charge in [-0.3, -0.25) is 0 Å². The maximum Gasteiger partial charge on any atom is 0.221 e. The second kappa shape index (κ2) is 5.02. The van der Waals surface area contributed by atoms with Crippen LogP contribution in [-0.4, -0.2) is 64.3 Å². The Bertz CT molecular complexity index is 221. The average Bonchev–Trinajstić information content (AvgIpc) is 2.26. The summed E-state index contributed by atoms with van der Waals surface area (Å²) in [6.45, 7) is 2.64. The van der Waals surface area contributed by atoms with Gasteiger partial charge in [-0.25, -0.2) is 0 Å². The van der Waals surface area contributed by atoms with E-state index in [-0.39, 0.29) is 13.2 Å². The van der Waals surface area contributed by atoms with Crippen molar-refractivity contribution in [2.24, 2.45) is 0 Å². The molecule has 6 nitrogen and oxygen atoms in total. The van der Waals surface area contributed by atoms with Crippen molar-refractivity contribution in [1.29, 1.82) is 0 Å². The monoisotopic (exact) mass is 220 g/mol. The maximum atomic E-state index is 9.63. The van der Waals surface area contributed by atoms with Gasteiger partial charge in [0.15, 0.2) is 0 Å². The molecule has 1 saturated heterocycles. The molecule has 0 bridgehead atoms. The van der Waals surface area contributed by atoms with E-state index in [0.717, 1.165) is 0 Å². The van der Waals surface area contributed by atoms with E-state index < -0.39 is 30.7 Å². The first-order chi connectivity index (χ1) is 7.07. The summed E-state index contributed by atoms with van der Waals surface area (Å²) in [6, 6.07) is 0. The van der Waals surface area contributed by atoms with Crippen molar-refractivity contribution in [2.75, 3.05) is 19.8 Å². The van der Waals surface area contributed by atoms with Crippen LogP contribution in [0.1, 0.15) is 0 Å². The van der Waals surface area contributed by atoms with Crippen LogP contribution in [-0.2, 0) is 9.47 Å². The van der Waals surface area contributed by atoms with Gasteiger partial charge in [0.05, 0.1) is 13.2 Å². The number of rotatable bonds is 4. The van der Waals surface area contributed by atoms with E-state index >= 15 is 0 Å². The molecule has 4 atom stereocenters. The molecule has 88 valence electrons. The van der Waals surface area contributed by atoms with Crippen LogP contribution in [0.2, 0.25) is 0 Å². The van der Waals surface area contributed by atoms with Crippen molar-refractivity contribution in [1.82, 2.24) is 0 Å². The van der Waals surface area contributed by atoms with E-state index in [1.165, 1.54) is 6.08 Å². The number of ether oxygens (including phenoxy) is 2. The zero-order valence-electron chi connectivity index (χ0n) is 8.24. The summed E-state index contributed by atoms with van der Waals surface area (Å²) >= 11 is 0. The average molecular weight is 220 g/mol. The molecular weight excluding hydrogens is 204 g/mol. The molecule has 15 heavy (non-hydrogen) atoms. The third kappa shape index (κ3) is 2.36. The van der Waals surface area contributed by atoms with Crippen LogP contribution in [0, 0.1) is 0 Å². The summed E-state index contributed by atoms with van der Waals surface area (Å²) in [7, 11) is 0. The van der Waals surface area contributed by atoms with Gasteiger partial charge in [-0.05, 0) is 0 Å². The van der Waals surface area contributed by atoms with Gasteiger partial charge in [-0.1, -0.05) is 6.08 Å². The lowest BCUT2D eigenvalue weighted by Crippen LogP contribution is -2.63. The highest BCUT2D eigenvalue weighted by Crippen LogP contribution is 2.27. The maximum absolute atomic E-state index is 9.63. The Labute approximate surface area is 87.4 Å². The van der Waals surface area contributed by atoms with Crippen LogP contribution in [0.4, 0.5) is 0 Å². The third-order valence-electron chi connectivity index (χ3n) is 2.33. The third-order valence-corrected chi connectivity index (χ3v) is 2.33. The van der Waals surface area contributed by atoms with Gasteiger partial charge >= 0.3 is 0 Å². The molecule has 0 saturated carbocycles. The van der Waals surface area contributed by atoms with Crippen LogP contribution in [0.5, 0.6) is 0 Å². The molecule has 1 heterocycles. The van der Waals surface area contributed by atoms with Crippen molar-refractivity contribution < 1.29 is 29.9 Å². The fourth-order valence-electron chi connectivity index (χ4n) is 1.39. The quantitative estimate of drug-likeness (QED) is 0.409. The second-order valence-electron chi connectivity index (χ2n) is 3.38. The van der Waals surface area contributed by atoms with Gasteiger partial charge < -0.3 is 29.9 Å². The second-order valence-corrected chi connectivity index (χ2v) is 3.38. The first kappa shape index (κ1) is 12.6. The summed E-state index contributed by atoms with van der Waals surface area (Å²) in [5.74, 6) is -1.69. The molecule has 4 N–H and O–H groups in total. The predicted octanol–water partition coefficient (Wildman–Crippen LogP) is -2.01. The van der Waals surface area contributed by atoms with E-state index in [1.54, 1.807) is 0 Å². The molecule has 0 aliphatic carbocycles. The summed E-state index contributed by atoms with van der Waals surface area (Å²) in [5.41, 5.74) is 0. The fraction of sp³-hybridized carbons (Fsp3) is 0.778. The SMILES string of the molecule is C=CCO[C@]1(CO)OC[C@@H](O)[C@@H](O)[C@@H]1O. The summed E-state index contributed by atoms with van der Waals surface area (Å²) in [5, 5.41) is 37.4. The van der Waals surface area contributed by atoms with Crippen LogP contribution in [0.25, 0.3) is 0 Å². The van der Waals surface area contributed by atoms with E-state index in [4.69, 9.17) is 14.6 Å². The standard InChI is InChI=1S/C9H16O6/c1-2-3-14-9(5-10)8(13)7(12)6(11)4-15-9/h2,6-8,10-13H,1,3-5H2/t6-,7-,8+,9-/m1/s1. The van der Waals surface area contributed by atoms with Crippen LogP contribution < -0.4 is 0 Å². The number of aliphatic hydroxyl groups is 4. The fourth-order valence-corrected chi connectivity index (χ4v) is 1.39. The molecule has 0 aromatic rings. The Balaban J connectivity index is 2.75. The van der Waals surface area contributed by atoms with Crippen LogP contribution in [0.3, 0.4) is 0 Å². The van der Waals surface area contributed by atoms with Gasteiger partial charge in [0, 0.05) is 0 Å². The van der Waals surface area contributed by atoms with Crippen LogP contribution in [0.15, 0.2) is 12.7 Å². The molecule has 0 radical (unpaired) electrons. The number of hydrogen-bond acceptors (Lipinski definition) is 6. The van der Waals surface area contributed by atoms with Gasteiger partial charge in [0.25, 0.3) is 0 Å². The molecule has 1 aliphatic rings. The Kier molecular flexibility index (Phi) is 4.21. The predicted molar refractivity (Wildman–Crippen MR) is 49.9 cm³/mol. The zero-order chi connectivity index (χ0) is 11.5. The van der Waals surface area contributed by atoms with Crippen LogP contribution >= 0.6 is 0 Å². The lowest BCUT2D eigenvalue weighted by atomic mass is 9.97. The molecule has 0 spiro atoms. The Morgan fingerprint density at radius 1 is 1.47 bits per heavy atom. The number of aliphatic hydroxyl groups excluding tert-OH is 4. The van der Waals surface area contributed by atoms with E-state index in [2.05, 4.69) is 6.58 Å². The lowest BCUT2D eigenvalue weighted by Gasteiger charge is -2.43. The minimum absolute atomic E-state index is 0.0560. The summed E-state index contributed by atoms with van der Waals surface area (Å²) < 4.78 is 10.1. The molecule has 0 amide bonds. The molecule has 0 aromatic heterocycles. The minimum atomic E-state index is -1.69. The highest BCUT2D eigenvalue weighted by atomic mass is 16.7.